The number of carbonyl (C=O) groups excluding carboxylic acids is 5. The van der Waals surface area contributed by atoms with Gasteiger partial charge in [-0.1, -0.05) is 11.2 Å². The van der Waals surface area contributed by atoms with E-state index in [9.17, 15) is 24.0 Å². The van der Waals surface area contributed by atoms with E-state index in [4.69, 9.17) is 20.0 Å². The number of nitrogen functional groups attached to an aromatic ring is 1. The maximum Gasteiger partial charge on any atom is 0.358 e. The first-order chi connectivity index (χ1) is 17.6. The van der Waals surface area contributed by atoms with E-state index in [2.05, 4.69) is 20.2 Å². The summed E-state index contributed by atoms with van der Waals surface area (Å²) in [5.74, 6) is -3.08. The topological polar surface area (TPSA) is 189 Å². The second-order valence-electron chi connectivity index (χ2n) is 7.32. The van der Waals surface area contributed by atoms with Crippen LogP contribution in [0.1, 0.15) is 19.5 Å². The highest BCUT2D eigenvalue weighted by atomic mass is 32.2. The van der Waals surface area contributed by atoms with Crippen molar-refractivity contribution < 1.29 is 43.0 Å². The molecule has 3 heterocycles. The zero-order valence-corrected chi connectivity index (χ0v) is 21.6. The van der Waals surface area contributed by atoms with Crippen LogP contribution in [0.5, 0.6) is 0 Å². The van der Waals surface area contributed by atoms with Gasteiger partial charge in [-0.3, -0.25) is 24.1 Å². The highest BCUT2D eigenvalue weighted by Crippen LogP contribution is 2.41. The van der Waals surface area contributed by atoms with Crippen LogP contribution in [-0.4, -0.2) is 83.0 Å². The van der Waals surface area contributed by atoms with Crippen LogP contribution < -0.4 is 11.1 Å². The maximum absolute atomic E-state index is 13.1. The van der Waals surface area contributed by atoms with Gasteiger partial charge >= 0.3 is 17.9 Å². The average molecular weight is 554 g/mol. The van der Waals surface area contributed by atoms with Crippen LogP contribution in [0.4, 0.5) is 5.13 Å². The minimum absolute atomic E-state index is 0.0436. The molecule has 0 aliphatic carbocycles. The number of amides is 2. The number of β-lactam (4-membered cyclic amide) rings is 1. The zero-order chi connectivity index (χ0) is 27.1. The summed E-state index contributed by atoms with van der Waals surface area (Å²) in [4.78, 5) is 70.8. The Bertz CT molecular complexity index is 1190. The van der Waals surface area contributed by atoms with Crippen molar-refractivity contribution in [3.8, 4) is 0 Å². The second kappa shape index (κ2) is 12.4. The Morgan fingerprint density at radius 1 is 1.24 bits per heavy atom. The first-order valence-corrected chi connectivity index (χ1v) is 12.5. The number of allylic oxidation sites excluding steroid dienone is 1. The number of thiazole rings is 1. The van der Waals surface area contributed by atoms with Crippen molar-refractivity contribution in [2.45, 2.75) is 25.3 Å². The van der Waals surface area contributed by atoms with Gasteiger partial charge in [-0.2, -0.15) is 0 Å². The normalized spacial score (nSPS) is 19.2. The molecular formula is C21H23N5O9S2. The smallest absolute Gasteiger partial charge is 0.358 e. The Morgan fingerprint density at radius 2 is 1.97 bits per heavy atom. The van der Waals surface area contributed by atoms with Gasteiger partial charge in [-0.05, 0) is 11.6 Å². The van der Waals surface area contributed by atoms with Gasteiger partial charge in [0.15, 0.2) is 10.8 Å². The molecule has 198 valence electrons. The van der Waals surface area contributed by atoms with Crippen LogP contribution in [0.15, 0.2) is 34.0 Å². The number of oxime groups is 1. The van der Waals surface area contributed by atoms with E-state index >= 15 is 0 Å². The minimum atomic E-state index is -0.988. The number of carbonyl (C=O) groups is 5. The van der Waals surface area contributed by atoms with Gasteiger partial charge in [0.1, 0.15) is 36.5 Å². The van der Waals surface area contributed by atoms with Crippen molar-refractivity contribution in [1.29, 1.82) is 0 Å². The predicted octanol–water partition coefficient (Wildman–Crippen LogP) is -0.0871. The zero-order valence-electron chi connectivity index (χ0n) is 19.9. The lowest BCUT2D eigenvalue weighted by molar-refractivity contribution is -0.166. The lowest BCUT2D eigenvalue weighted by Gasteiger charge is -2.49. The van der Waals surface area contributed by atoms with Gasteiger partial charge in [-0.25, -0.2) is 9.78 Å². The molecule has 3 rings (SSSR count). The molecule has 1 saturated heterocycles. The predicted molar refractivity (Wildman–Crippen MR) is 131 cm³/mol. The van der Waals surface area contributed by atoms with E-state index in [1.807, 2.05) is 0 Å². The molecule has 1 aromatic heterocycles. The SMILES string of the molecule is CO/N=C(\C(=O)N[C@@H]1C(=O)N2C(C(=O)OCOC(C)=O)=C(/C=C\COC(C)=O)CS[C@H]12)c1csc(N)n1. The number of nitrogens with one attached hydrogen (secondary N) is 1. The van der Waals surface area contributed by atoms with Crippen molar-refractivity contribution in [2.75, 3.05) is 32.0 Å². The minimum Gasteiger partial charge on any atom is -0.462 e. The molecule has 1 fully saturated rings. The van der Waals surface area contributed by atoms with Crippen molar-refractivity contribution >= 4 is 63.7 Å². The van der Waals surface area contributed by atoms with Gasteiger partial charge in [0.2, 0.25) is 6.79 Å². The molecule has 1 aromatic rings. The molecule has 0 unspecified atom stereocenters. The third kappa shape index (κ3) is 6.65. The Balaban J connectivity index is 1.79. The van der Waals surface area contributed by atoms with E-state index in [0.29, 0.717) is 5.57 Å². The number of thioether (sulfide) groups is 1. The molecular weight excluding hydrogens is 530 g/mol. The van der Waals surface area contributed by atoms with Gasteiger partial charge in [0.25, 0.3) is 11.8 Å². The van der Waals surface area contributed by atoms with E-state index in [-0.39, 0.29) is 34.6 Å². The van der Waals surface area contributed by atoms with Gasteiger partial charge in [0, 0.05) is 25.0 Å². The monoisotopic (exact) mass is 553 g/mol. The van der Waals surface area contributed by atoms with Crippen LogP contribution in [0, 0.1) is 0 Å². The summed E-state index contributed by atoms with van der Waals surface area (Å²) in [7, 11) is 1.26. The lowest BCUT2D eigenvalue weighted by Crippen LogP contribution is -2.71. The first kappa shape index (κ1) is 27.7. The highest BCUT2D eigenvalue weighted by Gasteiger charge is 2.54. The molecule has 2 aliphatic heterocycles. The molecule has 0 radical (unpaired) electrons. The van der Waals surface area contributed by atoms with Crippen molar-refractivity contribution in [1.82, 2.24) is 15.2 Å². The molecule has 3 N–H and O–H groups in total. The molecule has 2 aliphatic rings. The summed E-state index contributed by atoms with van der Waals surface area (Å²) in [6.45, 7) is 1.72. The fourth-order valence-corrected chi connectivity index (χ4v) is 5.12. The maximum atomic E-state index is 13.1. The number of ether oxygens (including phenoxy) is 3. The van der Waals surface area contributed by atoms with E-state index in [0.717, 1.165) is 18.3 Å². The molecule has 16 heteroatoms. The summed E-state index contributed by atoms with van der Waals surface area (Å²) in [5, 5.41) is 7.40. The van der Waals surface area contributed by atoms with Crippen molar-refractivity contribution in [3.05, 3.63) is 34.5 Å². The summed E-state index contributed by atoms with van der Waals surface area (Å²) < 4.78 is 14.5. The highest BCUT2D eigenvalue weighted by molar-refractivity contribution is 8.00. The van der Waals surface area contributed by atoms with Crippen LogP contribution in [0.25, 0.3) is 0 Å². The van der Waals surface area contributed by atoms with E-state index in [1.165, 1.54) is 48.2 Å². The Labute approximate surface area is 218 Å². The summed E-state index contributed by atoms with van der Waals surface area (Å²) >= 11 is 2.39. The molecule has 2 amide bonds. The first-order valence-electron chi connectivity index (χ1n) is 10.6. The van der Waals surface area contributed by atoms with Gasteiger partial charge in [0.05, 0.1) is 0 Å². The Morgan fingerprint density at radius 3 is 2.59 bits per heavy atom. The quantitative estimate of drug-likeness (QED) is 0.129. The van der Waals surface area contributed by atoms with Crippen LogP contribution in [0.2, 0.25) is 0 Å². The van der Waals surface area contributed by atoms with Gasteiger partial charge < -0.3 is 30.1 Å². The third-order valence-electron chi connectivity index (χ3n) is 4.79. The lowest BCUT2D eigenvalue weighted by atomic mass is 10.0. The van der Waals surface area contributed by atoms with Gasteiger partial charge in [-0.15, -0.1) is 23.1 Å². The van der Waals surface area contributed by atoms with Crippen molar-refractivity contribution in [3.63, 3.8) is 0 Å². The summed E-state index contributed by atoms with van der Waals surface area (Å²) in [5.41, 5.74) is 5.98. The number of anilines is 1. The molecule has 0 saturated carbocycles. The number of fused-ring (bicyclic) bond motifs is 1. The Kier molecular flexibility index (Phi) is 9.24. The average Bonchev–Trinajstić information content (AvgIpc) is 3.28. The van der Waals surface area contributed by atoms with Crippen LogP contribution >= 0.6 is 23.1 Å². The van der Waals surface area contributed by atoms with E-state index < -0.39 is 47.9 Å². The summed E-state index contributed by atoms with van der Waals surface area (Å²) in [6.07, 6.45) is 3.04. The number of rotatable bonds is 10. The summed E-state index contributed by atoms with van der Waals surface area (Å²) in [6, 6.07) is -0.988. The number of nitrogens with two attached hydrogens (primary N) is 1. The number of hydrogen-bond acceptors (Lipinski definition) is 14. The fraction of sp³-hybridized carbons (Fsp3) is 0.381. The molecule has 14 nitrogen and oxygen atoms in total. The van der Waals surface area contributed by atoms with E-state index in [1.54, 1.807) is 0 Å². The fourth-order valence-electron chi connectivity index (χ4n) is 3.25. The second-order valence-corrected chi connectivity index (χ2v) is 9.31. The van der Waals surface area contributed by atoms with Crippen LogP contribution in [0.3, 0.4) is 0 Å². The Hall–Kier alpha value is -3.92. The molecule has 0 aromatic carbocycles. The molecule has 0 spiro atoms. The number of hydrogen-bond donors (Lipinski definition) is 2. The van der Waals surface area contributed by atoms with Crippen LogP contribution in [-0.2, 0) is 43.0 Å². The third-order valence-corrected chi connectivity index (χ3v) is 6.77. The van der Waals surface area contributed by atoms with Crippen molar-refractivity contribution in [2.24, 2.45) is 5.16 Å². The standard InChI is InChI=1S/C21H23N5O9S2/c1-10(27)33-6-4-5-12-7-36-19-15(18(30)26(19)16(12)20(31)35-9-34-11(2)28)24-17(29)14(25-32-3)13-8-37-21(22)23-13/h4-5,8,15,19H,6-7,9H2,1-3H3,(H2,22,23)(H,24,29)/b5-4-,25-14-/t15-,19-/m1/s1. The number of esters is 3. The largest absolute Gasteiger partial charge is 0.462 e. The number of nitrogens with zero attached hydrogens (tertiary/aromatic N) is 3. The molecule has 37 heavy (non-hydrogen) atoms. The number of aromatic nitrogens is 1. The molecule has 0 bridgehead atoms. The molecule has 2 atom stereocenters.